The Labute approximate surface area is 195 Å². The second-order valence-electron chi connectivity index (χ2n) is 8.41. The van der Waals surface area contributed by atoms with Gasteiger partial charge < -0.3 is 20.1 Å². The number of hydrogen-bond donors (Lipinski definition) is 2. The quantitative estimate of drug-likeness (QED) is 0.472. The number of carbonyl (C=O) groups is 1. The third-order valence-electron chi connectivity index (χ3n) is 6.09. The Balaban J connectivity index is 1.45. The molecule has 1 fully saturated rings. The van der Waals surface area contributed by atoms with E-state index >= 15 is 0 Å². The van der Waals surface area contributed by atoms with E-state index in [0.717, 1.165) is 16.8 Å². The van der Waals surface area contributed by atoms with E-state index in [1.807, 2.05) is 25.1 Å². The summed E-state index contributed by atoms with van der Waals surface area (Å²) in [5, 5.41) is 18.1. The van der Waals surface area contributed by atoms with Crippen LogP contribution in [-0.2, 0) is 0 Å². The lowest BCUT2D eigenvalue weighted by Crippen LogP contribution is -2.37. The number of amides is 1. The first-order chi connectivity index (χ1) is 16.4. The highest BCUT2D eigenvalue weighted by atomic mass is 19.1. The van der Waals surface area contributed by atoms with Gasteiger partial charge in [0.2, 0.25) is 0 Å². The molecule has 2 N–H and O–H groups in total. The minimum absolute atomic E-state index is 0.149. The molecule has 0 unspecified atom stereocenters. The smallest absolute Gasteiger partial charge is 0.255 e. The second-order valence-corrected chi connectivity index (χ2v) is 8.41. The first kappa shape index (κ1) is 21.7. The Morgan fingerprint density at radius 2 is 2.09 bits per heavy atom. The number of phenols is 1. The van der Waals surface area contributed by atoms with Crippen LogP contribution in [0, 0.1) is 12.7 Å². The van der Waals surface area contributed by atoms with Crippen molar-refractivity contribution in [3.63, 3.8) is 0 Å². The molecule has 0 bridgehead atoms. The molecule has 1 saturated heterocycles. The molecule has 0 radical (unpaired) electrons. The van der Waals surface area contributed by atoms with E-state index in [4.69, 9.17) is 4.74 Å². The van der Waals surface area contributed by atoms with E-state index in [-0.39, 0.29) is 35.0 Å². The molecule has 2 aromatic heterocycles. The number of imidazole rings is 1. The molecule has 4 aromatic rings. The van der Waals surface area contributed by atoms with E-state index < -0.39 is 5.91 Å². The van der Waals surface area contributed by atoms with Crippen LogP contribution in [0.4, 0.5) is 10.2 Å². The maximum Gasteiger partial charge on any atom is 0.255 e. The van der Waals surface area contributed by atoms with Crippen LogP contribution >= 0.6 is 0 Å². The number of benzene rings is 2. The molecule has 2 aromatic carbocycles. The van der Waals surface area contributed by atoms with Crippen molar-refractivity contribution in [3.05, 3.63) is 83.4 Å². The van der Waals surface area contributed by atoms with Gasteiger partial charge in [-0.15, -0.1) is 5.10 Å². The van der Waals surface area contributed by atoms with Gasteiger partial charge >= 0.3 is 0 Å². The highest BCUT2D eigenvalue weighted by molar-refractivity contribution is 5.98. The number of aromatic hydroxyl groups is 1. The summed E-state index contributed by atoms with van der Waals surface area (Å²) in [7, 11) is 1.44. The van der Waals surface area contributed by atoms with E-state index in [9.17, 15) is 14.3 Å². The van der Waals surface area contributed by atoms with Gasteiger partial charge in [-0.1, -0.05) is 12.1 Å². The van der Waals surface area contributed by atoms with Crippen LogP contribution in [0.25, 0.3) is 5.65 Å². The van der Waals surface area contributed by atoms with Crippen molar-refractivity contribution >= 4 is 17.4 Å². The number of halogens is 1. The Bertz CT molecular complexity index is 1370. The number of carbonyl (C=O) groups excluding carboxylic acids is 1. The standard InChI is InChI=1S/C25H24FN5O3/c1-15-10-19(24(32)21(11-15)34-2)25(33)28-18-13-20(16-4-3-5-17(26)12-16)30(14-18)23-7-6-22-27-8-9-31(22)29-23/h3-12,18,20,32H,13-14H2,1-2H3,(H,28,33)/t18-,20+/m0/s1. The summed E-state index contributed by atoms with van der Waals surface area (Å²) in [5.74, 6) is 0.0155. The number of aromatic nitrogens is 3. The summed E-state index contributed by atoms with van der Waals surface area (Å²) in [5.41, 5.74) is 2.46. The number of rotatable bonds is 5. The maximum atomic E-state index is 14.0. The molecule has 3 heterocycles. The SMILES string of the molecule is COc1cc(C)cc(C(=O)N[C@H]2C[C@H](c3cccc(F)c3)N(c3ccc4nccn4n3)C2)c1O. The maximum absolute atomic E-state index is 14.0. The van der Waals surface area contributed by atoms with Crippen LogP contribution in [-0.4, -0.2) is 45.3 Å². The average molecular weight is 461 g/mol. The zero-order chi connectivity index (χ0) is 23.8. The van der Waals surface area contributed by atoms with Gasteiger partial charge in [-0.05, 0) is 60.9 Å². The number of anilines is 1. The van der Waals surface area contributed by atoms with Gasteiger partial charge in [0, 0.05) is 25.0 Å². The zero-order valence-corrected chi connectivity index (χ0v) is 18.8. The third-order valence-corrected chi connectivity index (χ3v) is 6.09. The fourth-order valence-electron chi connectivity index (χ4n) is 4.52. The first-order valence-corrected chi connectivity index (χ1v) is 10.9. The van der Waals surface area contributed by atoms with Crippen molar-refractivity contribution in [3.8, 4) is 11.5 Å². The fourth-order valence-corrected chi connectivity index (χ4v) is 4.52. The lowest BCUT2D eigenvalue weighted by atomic mass is 10.0. The average Bonchev–Trinajstić information content (AvgIpc) is 3.46. The van der Waals surface area contributed by atoms with Gasteiger partial charge in [-0.25, -0.2) is 13.9 Å². The van der Waals surface area contributed by atoms with Crippen molar-refractivity contribution in [1.82, 2.24) is 19.9 Å². The number of nitrogens with zero attached hydrogens (tertiary/aromatic N) is 4. The number of nitrogens with one attached hydrogen (secondary N) is 1. The Morgan fingerprint density at radius 1 is 1.24 bits per heavy atom. The number of ether oxygens (including phenoxy) is 1. The summed E-state index contributed by atoms with van der Waals surface area (Å²) in [6.07, 6.45) is 3.98. The predicted molar refractivity (Wildman–Crippen MR) is 125 cm³/mol. The lowest BCUT2D eigenvalue weighted by molar-refractivity contribution is 0.0936. The minimum Gasteiger partial charge on any atom is -0.504 e. The lowest BCUT2D eigenvalue weighted by Gasteiger charge is -2.25. The molecule has 0 spiro atoms. The molecule has 1 aliphatic rings. The van der Waals surface area contributed by atoms with Gasteiger partial charge in [0.05, 0.1) is 18.7 Å². The number of methoxy groups -OCH3 is 1. The van der Waals surface area contributed by atoms with Crippen molar-refractivity contribution in [2.45, 2.75) is 25.4 Å². The highest BCUT2D eigenvalue weighted by Crippen LogP contribution is 2.36. The fraction of sp³-hybridized carbons (Fsp3) is 0.240. The molecule has 0 aliphatic carbocycles. The van der Waals surface area contributed by atoms with E-state index in [1.54, 1.807) is 35.1 Å². The van der Waals surface area contributed by atoms with Crippen LogP contribution < -0.4 is 15.0 Å². The zero-order valence-electron chi connectivity index (χ0n) is 18.8. The molecule has 174 valence electrons. The monoisotopic (exact) mass is 461 g/mol. The molecule has 5 rings (SSSR count). The predicted octanol–water partition coefficient (Wildman–Crippen LogP) is 3.64. The van der Waals surface area contributed by atoms with E-state index in [2.05, 4.69) is 20.3 Å². The van der Waals surface area contributed by atoms with Crippen LogP contribution in [0.5, 0.6) is 11.5 Å². The van der Waals surface area contributed by atoms with Crippen molar-refractivity contribution in [1.29, 1.82) is 0 Å². The van der Waals surface area contributed by atoms with Gasteiger partial charge in [-0.2, -0.15) is 0 Å². The van der Waals surface area contributed by atoms with Gasteiger partial charge in [0.15, 0.2) is 17.1 Å². The Morgan fingerprint density at radius 3 is 2.88 bits per heavy atom. The van der Waals surface area contributed by atoms with Crippen LogP contribution in [0.2, 0.25) is 0 Å². The summed E-state index contributed by atoms with van der Waals surface area (Å²) in [4.78, 5) is 19.4. The normalized spacial score (nSPS) is 17.8. The van der Waals surface area contributed by atoms with Crippen LogP contribution in [0.1, 0.15) is 33.9 Å². The number of aryl methyl sites for hydroxylation is 1. The second kappa shape index (κ2) is 8.66. The molecule has 1 aliphatic heterocycles. The summed E-state index contributed by atoms with van der Waals surface area (Å²) < 4.78 is 20.9. The molecule has 0 saturated carbocycles. The van der Waals surface area contributed by atoms with Crippen molar-refractivity contribution in [2.24, 2.45) is 0 Å². The molecule has 1 amide bonds. The molecular formula is C25H24FN5O3. The highest BCUT2D eigenvalue weighted by Gasteiger charge is 2.36. The number of phenolic OH excluding ortho intramolecular Hbond substituents is 1. The van der Waals surface area contributed by atoms with E-state index in [0.29, 0.717) is 18.8 Å². The van der Waals surface area contributed by atoms with Crippen LogP contribution in [0.15, 0.2) is 60.9 Å². The molecule has 8 nitrogen and oxygen atoms in total. The molecular weight excluding hydrogens is 437 g/mol. The molecule has 2 atom stereocenters. The summed E-state index contributed by atoms with van der Waals surface area (Å²) in [6.45, 7) is 2.29. The third kappa shape index (κ3) is 4.00. The van der Waals surface area contributed by atoms with Gasteiger partial charge in [0.25, 0.3) is 5.91 Å². The van der Waals surface area contributed by atoms with Gasteiger partial charge in [-0.3, -0.25) is 4.79 Å². The number of hydrogen-bond acceptors (Lipinski definition) is 6. The van der Waals surface area contributed by atoms with Gasteiger partial charge in [0.1, 0.15) is 11.6 Å². The number of fused-ring (bicyclic) bond motifs is 1. The molecule has 34 heavy (non-hydrogen) atoms. The van der Waals surface area contributed by atoms with E-state index in [1.165, 1.54) is 19.2 Å². The van der Waals surface area contributed by atoms with Crippen LogP contribution in [0.3, 0.4) is 0 Å². The Kier molecular flexibility index (Phi) is 5.53. The topological polar surface area (TPSA) is 92.0 Å². The largest absolute Gasteiger partial charge is 0.504 e. The van der Waals surface area contributed by atoms with Crippen molar-refractivity contribution < 1.29 is 19.0 Å². The molecule has 9 heteroatoms. The Hall–Kier alpha value is -4.14. The first-order valence-electron chi connectivity index (χ1n) is 10.9. The summed E-state index contributed by atoms with van der Waals surface area (Å²) >= 11 is 0. The van der Waals surface area contributed by atoms with Crippen molar-refractivity contribution in [2.75, 3.05) is 18.6 Å². The summed E-state index contributed by atoms with van der Waals surface area (Å²) in [6, 6.07) is 13.0. The minimum atomic E-state index is -0.401.